The van der Waals surface area contributed by atoms with Gasteiger partial charge in [-0.25, -0.2) is 4.39 Å². The molecule has 0 radical (unpaired) electrons. The van der Waals surface area contributed by atoms with Crippen molar-refractivity contribution >= 4 is 11.6 Å². The molecule has 1 heterocycles. The molecule has 0 bridgehead atoms. The summed E-state index contributed by atoms with van der Waals surface area (Å²) in [6, 6.07) is 5.61. The standard InChI is InChI=1S/C18H26FN3O/c19-15-6-9-22(10-7-15)11-8-17(20)18(23)21-16-5-4-13-2-1-3-14(13)12-16/h4-5,12,15,17H,1-3,6-11,20H2,(H,21,23)/t17-/m0/s1. The zero-order chi connectivity index (χ0) is 16.2. The first kappa shape index (κ1) is 16.4. The molecule has 1 aromatic rings. The second-order valence-electron chi connectivity index (χ2n) is 6.74. The Kier molecular flexibility index (Phi) is 5.28. The lowest BCUT2D eigenvalue weighted by molar-refractivity contribution is -0.117. The Bertz CT molecular complexity index is 555. The molecule has 5 heteroatoms. The zero-order valence-electron chi connectivity index (χ0n) is 13.6. The molecule has 0 unspecified atom stereocenters. The third kappa shape index (κ3) is 4.30. The lowest BCUT2D eigenvalue weighted by Crippen LogP contribution is -2.41. The fourth-order valence-electron chi connectivity index (χ4n) is 3.46. The minimum absolute atomic E-state index is 0.136. The van der Waals surface area contributed by atoms with Crippen LogP contribution in [0.15, 0.2) is 18.2 Å². The molecule has 2 aliphatic rings. The van der Waals surface area contributed by atoms with Gasteiger partial charge in [-0.15, -0.1) is 0 Å². The molecule has 0 saturated carbocycles. The number of hydrogen-bond donors (Lipinski definition) is 2. The molecule has 0 spiro atoms. The molecule has 3 N–H and O–H groups in total. The molecular formula is C18H26FN3O. The number of halogens is 1. The maximum atomic E-state index is 13.1. The van der Waals surface area contributed by atoms with Crippen molar-refractivity contribution < 1.29 is 9.18 Å². The molecular weight excluding hydrogens is 293 g/mol. The normalized spacial score (nSPS) is 20.3. The Morgan fingerprint density at radius 2 is 2.04 bits per heavy atom. The number of benzene rings is 1. The maximum absolute atomic E-state index is 13.1. The number of nitrogens with zero attached hydrogens (tertiary/aromatic N) is 1. The highest BCUT2D eigenvalue weighted by atomic mass is 19.1. The third-order valence-corrected chi connectivity index (χ3v) is 4.98. The summed E-state index contributed by atoms with van der Waals surface area (Å²) in [5.41, 5.74) is 9.58. The van der Waals surface area contributed by atoms with Crippen molar-refractivity contribution in [3.8, 4) is 0 Å². The fourth-order valence-corrected chi connectivity index (χ4v) is 3.46. The largest absolute Gasteiger partial charge is 0.325 e. The van der Waals surface area contributed by atoms with Gasteiger partial charge in [0.25, 0.3) is 0 Å². The first-order chi connectivity index (χ1) is 11.1. The molecule has 1 fully saturated rings. The van der Waals surface area contributed by atoms with E-state index in [1.165, 1.54) is 17.5 Å². The second kappa shape index (κ2) is 7.41. The van der Waals surface area contributed by atoms with E-state index in [4.69, 9.17) is 5.73 Å². The van der Waals surface area contributed by atoms with Crippen molar-refractivity contribution in [2.24, 2.45) is 5.73 Å². The first-order valence-electron chi connectivity index (χ1n) is 8.66. The summed E-state index contributed by atoms with van der Waals surface area (Å²) in [5, 5.41) is 2.92. The monoisotopic (exact) mass is 319 g/mol. The number of aryl methyl sites for hydroxylation is 2. The molecule has 126 valence electrons. The van der Waals surface area contributed by atoms with Crippen molar-refractivity contribution in [1.29, 1.82) is 0 Å². The van der Waals surface area contributed by atoms with E-state index in [9.17, 15) is 9.18 Å². The van der Waals surface area contributed by atoms with E-state index in [0.717, 1.165) is 38.2 Å². The van der Waals surface area contributed by atoms with Crippen LogP contribution in [0.5, 0.6) is 0 Å². The van der Waals surface area contributed by atoms with Crippen molar-refractivity contribution in [3.05, 3.63) is 29.3 Å². The Morgan fingerprint density at radius 1 is 1.30 bits per heavy atom. The number of anilines is 1. The van der Waals surface area contributed by atoms with E-state index >= 15 is 0 Å². The number of amides is 1. The van der Waals surface area contributed by atoms with Gasteiger partial charge in [0.1, 0.15) is 6.17 Å². The number of fused-ring (bicyclic) bond motifs is 1. The third-order valence-electron chi connectivity index (χ3n) is 4.98. The summed E-state index contributed by atoms with van der Waals surface area (Å²) in [6.07, 6.45) is 4.56. The van der Waals surface area contributed by atoms with Crippen LogP contribution < -0.4 is 11.1 Å². The topological polar surface area (TPSA) is 58.4 Å². The zero-order valence-corrected chi connectivity index (χ0v) is 13.6. The molecule has 1 amide bonds. The van der Waals surface area contributed by atoms with Crippen LogP contribution in [0.2, 0.25) is 0 Å². The number of likely N-dealkylation sites (tertiary alicyclic amines) is 1. The Balaban J connectivity index is 1.46. The smallest absolute Gasteiger partial charge is 0.241 e. The van der Waals surface area contributed by atoms with Gasteiger partial charge < -0.3 is 16.0 Å². The van der Waals surface area contributed by atoms with Gasteiger partial charge in [-0.3, -0.25) is 4.79 Å². The van der Waals surface area contributed by atoms with Gasteiger partial charge in [-0.1, -0.05) is 6.07 Å². The first-order valence-corrected chi connectivity index (χ1v) is 8.66. The van der Waals surface area contributed by atoms with Gasteiger partial charge in [-0.05, 0) is 61.8 Å². The van der Waals surface area contributed by atoms with Gasteiger partial charge in [0, 0.05) is 25.3 Å². The number of nitrogens with two attached hydrogens (primary N) is 1. The fraction of sp³-hybridized carbons (Fsp3) is 0.611. The summed E-state index contributed by atoms with van der Waals surface area (Å²) < 4.78 is 13.1. The van der Waals surface area contributed by atoms with Crippen LogP contribution in [0.25, 0.3) is 0 Å². The Labute approximate surface area is 137 Å². The second-order valence-corrected chi connectivity index (χ2v) is 6.74. The van der Waals surface area contributed by atoms with E-state index in [0.29, 0.717) is 19.3 Å². The number of carbonyl (C=O) groups is 1. The summed E-state index contributed by atoms with van der Waals surface area (Å²) >= 11 is 0. The quantitative estimate of drug-likeness (QED) is 0.875. The van der Waals surface area contributed by atoms with Gasteiger partial charge >= 0.3 is 0 Å². The van der Waals surface area contributed by atoms with Gasteiger partial charge in [-0.2, -0.15) is 0 Å². The average molecular weight is 319 g/mol. The summed E-state index contributed by atoms with van der Waals surface area (Å²) in [7, 11) is 0. The summed E-state index contributed by atoms with van der Waals surface area (Å²) in [5.74, 6) is -0.136. The highest BCUT2D eigenvalue weighted by Crippen LogP contribution is 2.25. The van der Waals surface area contributed by atoms with Crippen molar-refractivity contribution in [3.63, 3.8) is 0 Å². The van der Waals surface area contributed by atoms with Crippen molar-refractivity contribution in [2.75, 3.05) is 25.0 Å². The van der Waals surface area contributed by atoms with E-state index in [2.05, 4.69) is 22.3 Å². The molecule has 0 aromatic heterocycles. The number of carbonyl (C=O) groups excluding carboxylic acids is 1. The van der Waals surface area contributed by atoms with Crippen LogP contribution in [0.4, 0.5) is 10.1 Å². The number of hydrogen-bond acceptors (Lipinski definition) is 3. The van der Waals surface area contributed by atoms with Crippen LogP contribution in [0.3, 0.4) is 0 Å². The molecule has 1 aliphatic carbocycles. The molecule has 1 aromatic carbocycles. The van der Waals surface area contributed by atoms with Crippen LogP contribution in [0, 0.1) is 0 Å². The highest BCUT2D eigenvalue weighted by molar-refractivity contribution is 5.94. The molecule has 23 heavy (non-hydrogen) atoms. The molecule has 3 rings (SSSR count). The minimum atomic E-state index is -0.664. The average Bonchev–Trinajstić information content (AvgIpc) is 3.01. The van der Waals surface area contributed by atoms with Gasteiger partial charge in [0.15, 0.2) is 0 Å². The molecule has 1 atom stereocenters. The van der Waals surface area contributed by atoms with Crippen LogP contribution in [-0.2, 0) is 17.6 Å². The Morgan fingerprint density at radius 3 is 2.83 bits per heavy atom. The SMILES string of the molecule is N[C@@H](CCN1CCC(F)CC1)C(=O)Nc1ccc2c(c1)CCC2. The lowest BCUT2D eigenvalue weighted by Gasteiger charge is -2.29. The van der Waals surface area contributed by atoms with E-state index < -0.39 is 12.2 Å². The summed E-state index contributed by atoms with van der Waals surface area (Å²) in [4.78, 5) is 14.4. The van der Waals surface area contributed by atoms with Gasteiger partial charge in [0.05, 0.1) is 6.04 Å². The van der Waals surface area contributed by atoms with E-state index in [1.807, 2.05) is 6.07 Å². The van der Waals surface area contributed by atoms with E-state index in [1.54, 1.807) is 0 Å². The molecule has 1 saturated heterocycles. The van der Waals surface area contributed by atoms with Crippen LogP contribution in [0.1, 0.15) is 36.8 Å². The minimum Gasteiger partial charge on any atom is -0.325 e. The predicted molar refractivity (Wildman–Crippen MR) is 90.3 cm³/mol. The Hall–Kier alpha value is -1.46. The summed E-state index contributed by atoms with van der Waals surface area (Å²) in [6.45, 7) is 2.28. The maximum Gasteiger partial charge on any atom is 0.241 e. The van der Waals surface area contributed by atoms with Crippen LogP contribution in [-0.4, -0.2) is 42.7 Å². The number of rotatable bonds is 5. The van der Waals surface area contributed by atoms with Crippen LogP contribution >= 0.6 is 0 Å². The van der Waals surface area contributed by atoms with Crippen molar-refractivity contribution in [1.82, 2.24) is 4.90 Å². The van der Waals surface area contributed by atoms with Gasteiger partial charge in [0.2, 0.25) is 5.91 Å². The van der Waals surface area contributed by atoms with Crippen molar-refractivity contribution in [2.45, 2.75) is 50.7 Å². The molecule has 4 nitrogen and oxygen atoms in total. The highest BCUT2D eigenvalue weighted by Gasteiger charge is 2.21. The van der Waals surface area contributed by atoms with E-state index in [-0.39, 0.29) is 5.91 Å². The number of piperidine rings is 1. The molecule has 1 aliphatic heterocycles. The number of alkyl halides is 1. The predicted octanol–water partition coefficient (Wildman–Crippen LogP) is 2.27. The number of nitrogens with one attached hydrogen (secondary N) is 1. The lowest BCUT2D eigenvalue weighted by atomic mass is 10.1.